The van der Waals surface area contributed by atoms with Crippen molar-refractivity contribution in [3.63, 3.8) is 0 Å². The van der Waals surface area contributed by atoms with Gasteiger partial charge in [-0.15, -0.1) is 0 Å². The van der Waals surface area contributed by atoms with E-state index >= 15 is 0 Å². The number of unbranched alkanes of at least 4 members (excludes halogenated alkanes) is 1. The lowest BCUT2D eigenvalue weighted by molar-refractivity contribution is 0.102. The number of para-hydroxylation sites is 1. The van der Waals surface area contributed by atoms with Crippen molar-refractivity contribution >= 4 is 10.9 Å². The van der Waals surface area contributed by atoms with E-state index in [-0.39, 0.29) is 10.9 Å². The highest BCUT2D eigenvalue weighted by atomic mass is 19.1. The van der Waals surface area contributed by atoms with E-state index in [0.717, 1.165) is 32.4 Å². The number of nitrogens with one attached hydrogen (secondary N) is 2. The highest BCUT2D eigenvalue weighted by Gasteiger charge is 2.14. The van der Waals surface area contributed by atoms with Gasteiger partial charge in [0.2, 0.25) is 0 Å². The second kappa shape index (κ2) is 7.70. The van der Waals surface area contributed by atoms with Crippen LogP contribution in [-0.2, 0) is 11.3 Å². The predicted octanol–water partition coefficient (Wildman–Crippen LogP) is 3.11. The van der Waals surface area contributed by atoms with Crippen molar-refractivity contribution in [2.75, 3.05) is 13.2 Å². The van der Waals surface area contributed by atoms with Gasteiger partial charge in [-0.2, -0.15) is 0 Å². The van der Waals surface area contributed by atoms with Crippen LogP contribution in [0, 0.1) is 5.82 Å². The number of pyridine rings is 1. The molecule has 5 heteroatoms. The minimum absolute atomic E-state index is 0.145. The first-order valence-electron chi connectivity index (χ1n) is 8.37. The van der Waals surface area contributed by atoms with Gasteiger partial charge in [0, 0.05) is 30.3 Å². The van der Waals surface area contributed by atoms with Crippen molar-refractivity contribution in [2.24, 2.45) is 0 Å². The van der Waals surface area contributed by atoms with Crippen molar-refractivity contribution in [3.8, 4) is 0 Å². The summed E-state index contributed by atoms with van der Waals surface area (Å²) in [6.45, 7) is 2.33. The van der Waals surface area contributed by atoms with Crippen LogP contribution in [0.15, 0.2) is 29.1 Å². The van der Waals surface area contributed by atoms with Crippen LogP contribution in [0.25, 0.3) is 10.9 Å². The van der Waals surface area contributed by atoms with Gasteiger partial charge in [0.05, 0.1) is 11.6 Å². The Morgan fingerprint density at radius 2 is 2.26 bits per heavy atom. The van der Waals surface area contributed by atoms with Crippen LogP contribution < -0.4 is 10.7 Å². The smallest absolute Gasteiger partial charge is 0.189 e. The van der Waals surface area contributed by atoms with Crippen molar-refractivity contribution in [2.45, 2.75) is 44.8 Å². The second-order valence-corrected chi connectivity index (χ2v) is 6.13. The summed E-state index contributed by atoms with van der Waals surface area (Å²) >= 11 is 0. The minimum atomic E-state index is -0.391. The maximum absolute atomic E-state index is 13.8. The third-order valence-electron chi connectivity index (χ3n) is 4.34. The highest BCUT2D eigenvalue weighted by molar-refractivity contribution is 5.78. The van der Waals surface area contributed by atoms with E-state index in [2.05, 4.69) is 10.3 Å². The molecular formula is C18H23FN2O2. The fraction of sp³-hybridized carbons (Fsp3) is 0.500. The summed E-state index contributed by atoms with van der Waals surface area (Å²) in [4.78, 5) is 15.0. The van der Waals surface area contributed by atoms with Gasteiger partial charge in [-0.05, 0) is 50.8 Å². The average molecular weight is 318 g/mol. The first kappa shape index (κ1) is 16.1. The molecule has 3 rings (SSSR count). The van der Waals surface area contributed by atoms with E-state index in [4.69, 9.17) is 4.74 Å². The van der Waals surface area contributed by atoms with Crippen LogP contribution in [0.4, 0.5) is 4.39 Å². The summed E-state index contributed by atoms with van der Waals surface area (Å²) < 4.78 is 19.4. The highest BCUT2D eigenvalue weighted by Crippen LogP contribution is 2.17. The summed E-state index contributed by atoms with van der Waals surface area (Å²) in [5.74, 6) is -0.391. The zero-order chi connectivity index (χ0) is 16.1. The van der Waals surface area contributed by atoms with Crippen LogP contribution >= 0.6 is 0 Å². The van der Waals surface area contributed by atoms with Gasteiger partial charge >= 0.3 is 0 Å². The normalized spacial score (nSPS) is 17.9. The Bertz CT molecular complexity index is 708. The number of aromatic nitrogens is 1. The zero-order valence-electron chi connectivity index (χ0n) is 13.2. The molecule has 0 saturated carbocycles. The molecule has 0 bridgehead atoms. The van der Waals surface area contributed by atoms with Crippen LogP contribution in [0.1, 0.15) is 37.8 Å². The number of hydrogen-bond donors (Lipinski definition) is 2. The van der Waals surface area contributed by atoms with Crippen molar-refractivity contribution in [1.29, 1.82) is 0 Å². The fourth-order valence-electron chi connectivity index (χ4n) is 3.10. The Labute approximate surface area is 135 Å². The Kier molecular flexibility index (Phi) is 5.41. The molecule has 0 aliphatic carbocycles. The zero-order valence-corrected chi connectivity index (χ0v) is 13.2. The van der Waals surface area contributed by atoms with Crippen LogP contribution in [0.3, 0.4) is 0 Å². The molecule has 23 heavy (non-hydrogen) atoms. The van der Waals surface area contributed by atoms with Gasteiger partial charge in [-0.3, -0.25) is 4.79 Å². The number of rotatable bonds is 7. The first-order valence-corrected chi connectivity index (χ1v) is 8.37. The number of fused-ring (bicyclic) bond motifs is 1. The summed E-state index contributed by atoms with van der Waals surface area (Å²) in [6, 6.07) is 6.10. The lowest BCUT2D eigenvalue weighted by Crippen LogP contribution is -2.18. The van der Waals surface area contributed by atoms with E-state index in [1.165, 1.54) is 18.9 Å². The lowest BCUT2D eigenvalue weighted by atomic mass is 10.1. The van der Waals surface area contributed by atoms with Gasteiger partial charge in [0.1, 0.15) is 5.82 Å². The average Bonchev–Trinajstić information content (AvgIpc) is 3.05. The molecule has 2 N–H and O–H groups in total. The maximum Gasteiger partial charge on any atom is 0.189 e. The first-order chi connectivity index (χ1) is 11.2. The number of ether oxygens (including phenoxy) is 1. The minimum Gasteiger partial charge on any atom is -0.378 e. The molecule has 0 amide bonds. The molecule has 124 valence electrons. The number of aromatic amines is 1. The van der Waals surface area contributed by atoms with Crippen molar-refractivity contribution in [1.82, 2.24) is 10.3 Å². The Hall–Kier alpha value is -1.72. The molecule has 1 saturated heterocycles. The summed E-state index contributed by atoms with van der Waals surface area (Å²) in [6.07, 6.45) is 6.17. The molecule has 0 radical (unpaired) electrons. The van der Waals surface area contributed by atoms with E-state index in [1.54, 1.807) is 18.2 Å². The number of hydrogen-bond acceptors (Lipinski definition) is 3. The van der Waals surface area contributed by atoms with E-state index < -0.39 is 5.82 Å². The Morgan fingerprint density at radius 1 is 1.35 bits per heavy atom. The van der Waals surface area contributed by atoms with Crippen LogP contribution in [0.2, 0.25) is 0 Å². The molecule has 0 unspecified atom stereocenters. The van der Waals surface area contributed by atoms with E-state index in [9.17, 15) is 9.18 Å². The lowest BCUT2D eigenvalue weighted by Gasteiger charge is -2.09. The number of H-pyrrole nitrogens is 1. The van der Waals surface area contributed by atoms with Gasteiger partial charge in [0.15, 0.2) is 5.43 Å². The standard InChI is InChI=1S/C18H23FN2O2/c19-16-8-3-7-15-17(22)11-13(21-18(15)16)12-20-9-2-1-5-14-6-4-10-23-14/h3,7-8,11,14,20H,1-2,4-6,9-10,12H2,(H,21,22)/t14-/m0/s1. The largest absolute Gasteiger partial charge is 0.378 e. The predicted molar refractivity (Wildman–Crippen MR) is 89.1 cm³/mol. The molecular weight excluding hydrogens is 295 g/mol. The van der Waals surface area contributed by atoms with E-state index in [1.807, 2.05) is 0 Å². The van der Waals surface area contributed by atoms with Crippen molar-refractivity contribution < 1.29 is 9.13 Å². The Balaban J connectivity index is 1.47. The van der Waals surface area contributed by atoms with Gasteiger partial charge in [-0.25, -0.2) is 4.39 Å². The molecule has 1 aliphatic heterocycles. The van der Waals surface area contributed by atoms with Crippen LogP contribution in [-0.4, -0.2) is 24.2 Å². The molecule has 4 nitrogen and oxygen atoms in total. The maximum atomic E-state index is 13.8. The van der Waals surface area contributed by atoms with Gasteiger partial charge in [-0.1, -0.05) is 6.07 Å². The van der Waals surface area contributed by atoms with E-state index in [0.29, 0.717) is 23.7 Å². The number of benzene rings is 1. The van der Waals surface area contributed by atoms with Gasteiger partial charge < -0.3 is 15.0 Å². The molecule has 2 aromatic rings. The topological polar surface area (TPSA) is 54.1 Å². The van der Waals surface area contributed by atoms with Crippen molar-refractivity contribution in [3.05, 3.63) is 46.0 Å². The quantitative estimate of drug-likeness (QED) is 0.771. The molecule has 1 fully saturated rings. The van der Waals surface area contributed by atoms with Crippen LogP contribution in [0.5, 0.6) is 0 Å². The second-order valence-electron chi connectivity index (χ2n) is 6.13. The molecule has 1 aromatic carbocycles. The molecule has 1 atom stereocenters. The third kappa shape index (κ3) is 4.18. The molecule has 0 spiro atoms. The SMILES string of the molecule is O=c1cc(CNCCCC[C@H]2CCCO2)[nH]c2c(F)cccc12. The fourth-order valence-corrected chi connectivity index (χ4v) is 3.10. The molecule has 1 aliphatic rings. The third-order valence-corrected chi connectivity index (χ3v) is 4.34. The summed E-state index contributed by atoms with van der Waals surface area (Å²) in [5, 5.41) is 3.70. The molecule has 2 heterocycles. The summed E-state index contributed by atoms with van der Waals surface area (Å²) in [5.41, 5.74) is 0.857. The Morgan fingerprint density at radius 3 is 3.09 bits per heavy atom. The molecule has 1 aromatic heterocycles. The number of halogens is 1. The van der Waals surface area contributed by atoms with Gasteiger partial charge in [0.25, 0.3) is 0 Å². The monoisotopic (exact) mass is 318 g/mol. The summed E-state index contributed by atoms with van der Waals surface area (Å²) in [7, 11) is 0.